The van der Waals surface area contributed by atoms with Crippen molar-refractivity contribution in [3.63, 3.8) is 0 Å². The molecule has 2 unspecified atom stereocenters. The molecule has 1 rings (SSSR count). The Hall–Kier alpha value is -0.320. The zero-order valence-corrected chi connectivity index (χ0v) is 13.7. The highest BCUT2D eigenvalue weighted by molar-refractivity contribution is 7.60. The maximum atomic E-state index is 12.3. The van der Waals surface area contributed by atoms with Crippen molar-refractivity contribution in [2.75, 3.05) is 12.3 Å². The molecule has 0 bridgehead atoms. The molecule has 18 heavy (non-hydrogen) atoms. The van der Waals surface area contributed by atoms with Crippen LogP contribution in [0.2, 0.25) is 0 Å². The highest BCUT2D eigenvalue weighted by Crippen LogP contribution is 2.29. The molecule has 0 aliphatic carbocycles. The van der Waals surface area contributed by atoms with Gasteiger partial charge in [0.25, 0.3) is 0 Å². The molecule has 0 N–H and O–H groups in total. The van der Waals surface area contributed by atoms with Crippen molar-refractivity contribution in [2.45, 2.75) is 27.7 Å². The van der Waals surface area contributed by atoms with Gasteiger partial charge in [-0.25, -0.2) is 0 Å². The smallest absolute Gasteiger partial charge is 0.105 e. The van der Waals surface area contributed by atoms with E-state index in [-0.39, 0.29) is 0 Å². The van der Waals surface area contributed by atoms with E-state index in [1.807, 2.05) is 24.3 Å². The molecule has 102 valence electrons. The SMILES string of the molecule is CC(C)C[PH](=O)c1ccccc1[PH](=O)CC(C)C. The molecule has 4 heteroatoms. The summed E-state index contributed by atoms with van der Waals surface area (Å²) in [7, 11) is -3.60. The van der Waals surface area contributed by atoms with Gasteiger partial charge in [-0.1, -0.05) is 52.0 Å². The summed E-state index contributed by atoms with van der Waals surface area (Å²) in [4.78, 5) is 0. The third kappa shape index (κ3) is 4.75. The lowest BCUT2D eigenvalue weighted by Crippen LogP contribution is -2.20. The van der Waals surface area contributed by atoms with Crippen LogP contribution in [-0.4, -0.2) is 12.3 Å². The third-order valence-electron chi connectivity index (χ3n) is 2.72. The molecule has 0 fully saturated rings. The van der Waals surface area contributed by atoms with E-state index in [1.54, 1.807) is 0 Å². The zero-order chi connectivity index (χ0) is 13.7. The molecule has 2 atom stereocenters. The van der Waals surface area contributed by atoms with Gasteiger partial charge in [-0.2, -0.15) is 0 Å². The standard InChI is InChI=1S/C14H24O2P2/c1-11(2)9-17(15)13-7-5-6-8-14(13)18(16)10-12(3)4/h5-8,11-12,17-18H,9-10H2,1-4H3. The fourth-order valence-electron chi connectivity index (χ4n) is 1.93. The number of rotatable bonds is 6. The minimum absolute atomic E-state index is 0.414. The second kappa shape index (κ2) is 7.31. The van der Waals surface area contributed by atoms with Gasteiger partial charge in [-0.15, -0.1) is 0 Å². The summed E-state index contributed by atoms with van der Waals surface area (Å²) in [5, 5.41) is 1.70. The molecule has 2 nitrogen and oxygen atoms in total. The zero-order valence-electron chi connectivity index (χ0n) is 11.7. The lowest BCUT2D eigenvalue weighted by Gasteiger charge is -2.12. The molecule has 0 aliphatic rings. The fourth-order valence-corrected chi connectivity index (χ4v) is 6.02. The van der Waals surface area contributed by atoms with Crippen LogP contribution >= 0.6 is 15.6 Å². The first-order valence-electron chi connectivity index (χ1n) is 6.57. The van der Waals surface area contributed by atoms with Crippen LogP contribution in [-0.2, 0) is 9.13 Å². The maximum Gasteiger partial charge on any atom is 0.105 e. The van der Waals surface area contributed by atoms with Crippen molar-refractivity contribution in [2.24, 2.45) is 11.8 Å². The molecule has 0 saturated carbocycles. The fraction of sp³-hybridized carbons (Fsp3) is 0.571. The highest BCUT2D eigenvalue weighted by atomic mass is 31.1. The summed E-state index contributed by atoms with van der Waals surface area (Å²) in [6.45, 7) is 8.29. The molecular formula is C14H24O2P2. The first kappa shape index (κ1) is 15.7. The summed E-state index contributed by atoms with van der Waals surface area (Å²) in [6.07, 6.45) is 1.41. The van der Waals surface area contributed by atoms with E-state index in [2.05, 4.69) is 27.7 Å². The first-order valence-corrected chi connectivity index (χ1v) is 9.80. The molecule has 0 heterocycles. The van der Waals surface area contributed by atoms with Crippen LogP contribution in [0.25, 0.3) is 0 Å². The number of benzene rings is 1. The molecule has 0 aromatic heterocycles. The minimum Gasteiger partial charge on any atom is -0.322 e. The van der Waals surface area contributed by atoms with Crippen LogP contribution in [0.1, 0.15) is 27.7 Å². The van der Waals surface area contributed by atoms with E-state index in [0.29, 0.717) is 24.2 Å². The van der Waals surface area contributed by atoms with Crippen LogP contribution in [0.3, 0.4) is 0 Å². The largest absolute Gasteiger partial charge is 0.322 e. The normalized spacial score (nSPS) is 15.0. The van der Waals surface area contributed by atoms with Gasteiger partial charge in [-0.3, -0.25) is 0 Å². The topological polar surface area (TPSA) is 34.1 Å². The van der Waals surface area contributed by atoms with Gasteiger partial charge < -0.3 is 9.13 Å². The summed E-state index contributed by atoms with van der Waals surface area (Å²) >= 11 is 0. The molecular weight excluding hydrogens is 262 g/mol. The van der Waals surface area contributed by atoms with Crippen molar-refractivity contribution in [1.29, 1.82) is 0 Å². The quantitative estimate of drug-likeness (QED) is 0.751. The Morgan fingerprint density at radius 1 is 0.833 bits per heavy atom. The van der Waals surface area contributed by atoms with Crippen LogP contribution in [0.15, 0.2) is 24.3 Å². The van der Waals surface area contributed by atoms with Crippen LogP contribution in [0, 0.1) is 11.8 Å². The Bertz CT molecular complexity index is 398. The summed E-state index contributed by atoms with van der Waals surface area (Å²) in [5.41, 5.74) is 0. The monoisotopic (exact) mass is 286 g/mol. The third-order valence-corrected chi connectivity index (χ3v) is 7.41. The predicted molar refractivity (Wildman–Crippen MR) is 83.1 cm³/mol. The van der Waals surface area contributed by atoms with Gasteiger partial charge in [0.2, 0.25) is 0 Å². The van der Waals surface area contributed by atoms with Gasteiger partial charge in [0.15, 0.2) is 0 Å². The van der Waals surface area contributed by atoms with Gasteiger partial charge >= 0.3 is 0 Å². The molecule has 0 radical (unpaired) electrons. The van der Waals surface area contributed by atoms with E-state index < -0.39 is 15.6 Å². The Morgan fingerprint density at radius 3 is 1.44 bits per heavy atom. The Kier molecular flexibility index (Phi) is 6.39. The highest BCUT2D eigenvalue weighted by Gasteiger charge is 2.15. The molecule has 1 aromatic carbocycles. The first-order chi connectivity index (χ1) is 8.41. The van der Waals surface area contributed by atoms with Crippen LogP contribution in [0.4, 0.5) is 0 Å². The molecule has 0 amide bonds. The van der Waals surface area contributed by atoms with Crippen molar-refractivity contribution >= 4 is 26.2 Å². The van der Waals surface area contributed by atoms with Crippen molar-refractivity contribution in [3.05, 3.63) is 24.3 Å². The van der Waals surface area contributed by atoms with Gasteiger partial charge in [0.1, 0.15) is 15.6 Å². The maximum absolute atomic E-state index is 12.3. The molecule has 0 saturated heterocycles. The van der Waals surface area contributed by atoms with Gasteiger partial charge in [-0.05, 0) is 11.8 Å². The van der Waals surface area contributed by atoms with E-state index in [9.17, 15) is 9.13 Å². The molecule has 1 aromatic rings. The van der Waals surface area contributed by atoms with Gasteiger partial charge in [0, 0.05) is 22.9 Å². The van der Waals surface area contributed by atoms with Crippen molar-refractivity contribution in [3.8, 4) is 0 Å². The molecule has 0 aliphatic heterocycles. The lowest BCUT2D eigenvalue weighted by molar-refractivity contribution is 0.583. The minimum atomic E-state index is -1.80. The van der Waals surface area contributed by atoms with Crippen LogP contribution in [0.5, 0.6) is 0 Å². The average molecular weight is 286 g/mol. The summed E-state index contributed by atoms with van der Waals surface area (Å²) in [6, 6.07) is 7.57. The second-order valence-electron chi connectivity index (χ2n) is 5.59. The summed E-state index contributed by atoms with van der Waals surface area (Å²) in [5.74, 6) is 0.828. The van der Waals surface area contributed by atoms with E-state index in [0.717, 1.165) is 10.6 Å². The van der Waals surface area contributed by atoms with Crippen molar-refractivity contribution in [1.82, 2.24) is 0 Å². The van der Waals surface area contributed by atoms with Crippen molar-refractivity contribution < 1.29 is 9.13 Å². The van der Waals surface area contributed by atoms with Gasteiger partial charge in [0.05, 0.1) is 0 Å². The Balaban J connectivity index is 2.99. The summed E-state index contributed by atoms with van der Waals surface area (Å²) < 4.78 is 24.7. The van der Waals surface area contributed by atoms with E-state index >= 15 is 0 Å². The van der Waals surface area contributed by atoms with E-state index in [4.69, 9.17) is 0 Å². The average Bonchev–Trinajstić information content (AvgIpc) is 2.27. The van der Waals surface area contributed by atoms with Crippen LogP contribution < -0.4 is 10.6 Å². The Labute approximate surface area is 112 Å². The number of hydrogen-bond acceptors (Lipinski definition) is 2. The predicted octanol–water partition coefficient (Wildman–Crippen LogP) is 3.37. The van der Waals surface area contributed by atoms with E-state index in [1.165, 1.54) is 0 Å². The Morgan fingerprint density at radius 2 is 1.17 bits per heavy atom. The second-order valence-corrected chi connectivity index (χ2v) is 9.17. The lowest BCUT2D eigenvalue weighted by atomic mass is 10.3. The molecule has 0 spiro atoms. The number of hydrogen-bond donors (Lipinski definition) is 0.